The van der Waals surface area contributed by atoms with E-state index in [2.05, 4.69) is 60.8 Å². The molecule has 0 aromatic heterocycles. The van der Waals surface area contributed by atoms with E-state index in [1.165, 1.54) is 0 Å². The van der Waals surface area contributed by atoms with E-state index in [0.717, 1.165) is 18.9 Å². The zero-order chi connectivity index (χ0) is 18.7. The van der Waals surface area contributed by atoms with Gasteiger partial charge in [0.25, 0.3) is 0 Å². The second kappa shape index (κ2) is 7.80. The normalized spacial score (nSPS) is 15.1. The Bertz CT molecular complexity index is 367. The van der Waals surface area contributed by atoms with Crippen molar-refractivity contribution in [2.75, 3.05) is 0 Å². The highest BCUT2D eigenvalue weighted by Gasteiger charge is 2.51. The van der Waals surface area contributed by atoms with Gasteiger partial charge in [0.15, 0.2) is 8.32 Å². The van der Waals surface area contributed by atoms with E-state index < -0.39 is 25.2 Å². The second-order valence-electron chi connectivity index (χ2n) is 9.00. The standard InChI is InChI=1S/C16H40O4Si3/c1-11-16(12-2,22(8,9)19-15(3,4)5)20-21(6,7)13-14-23(10,17)18/h17-18H,11-14H2,1-10H3. The van der Waals surface area contributed by atoms with Crippen molar-refractivity contribution in [1.29, 1.82) is 0 Å². The topological polar surface area (TPSA) is 58.9 Å². The summed E-state index contributed by atoms with van der Waals surface area (Å²) in [5.74, 6) is 0. The van der Waals surface area contributed by atoms with Crippen LogP contribution in [0.4, 0.5) is 0 Å². The first-order valence-corrected chi connectivity index (χ1v) is 17.5. The van der Waals surface area contributed by atoms with Crippen molar-refractivity contribution in [3.05, 3.63) is 0 Å². The second-order valence-corrected chi connectivity index (χ2v) is 20.3. The van der Waals surface area contributed by atoms with Crippen LogP contribution in [-0.2, 0) is 8.85 Å². The monoisotopic (exact) mass is 380 g/mol. The molecule has 0 aliphatic rings. The molecule has 0 heterocycles. The van der Waals surface area contributed by atoms with Crippen molar-refractivity contribution in [3.8, 4) is 0 Å². The van der Waals surface area contributed by atoms with Crippen LogP contribution in [0.2, 0.25) is 44.8 Å². The molecule has 0 aliphatic heterocycles. The molecule has 0 fully saturated rings. The van der Waals surface area contributed by atoms with E-state index >= 15 is 0 Å². The smallest absolute Gasteiger partial charge is 0.329 e. The highest BCUT2D eigenvalue weighted by atomic mass is 28.4. The van der Waals surface area contributed by atoms with Crippen molar-refractivity contribution in [2.45, 2.75) is 103 Å². The molecule has 0 amide bonds. The molecular weight excluding hydrogens is 340 g/mol. The van der Waals surface area contributed by atoms with Gasteiger partial charge >= 0.3 is 8.56 Å². The third kappa shape index (κ3) is 7.94. The quantitative estimate of drug-likeness (QED) is 0.583. The first-order valence-electron chi connectivity index (χ1n) is 8.84. The Morgan fingerprint density at radius 1 is 0.783 bits per heavy atom. The first-order chi connectivity index (χ1) is 9.99. The van der Waals surface area contributed by atoms with Gasteiger partial charge in [-0.3, -0.25) is 0 Å². The Balaban J connectivity index is 5.37. The summed E-state index contributed by atoms with van der Waals surface area (Å²) >= 11 is 0. The third-order valence-electron chi connectivity index (χ3n) is 4.47. The summed E-state index contributed by atoms with van der Waals surface area (Å²) in [6, 6.07) is 1.27. The van der Waals surface area contributed by atoms with Crippen molar-refractivity contribution >= 4 is 25.2 Å². The minimum Gasteiger partial charge on any atom is -0.412 e. The average molecular weight is 381 g/mol. The molecule has 0 spiro atoms. The lowest BCUT2D eigenvalue weighted by molar-refractivity contribution is 0.0499. The minimum absolute atomic E-state index is 0.179. The van der Waals surface area contributed by atoms with E-state index in [0.29, 0.717) is 6.04 Å². The van der Waals surface area contributed by atoms with Crippen molar-refractivity contribution in [1.82, 2.24) is 0 Å². The minimum atomic E-state index is -3.01. The Morgan fingerprint density at radius 2 is 1.22 bits per heavy atom. The van der Waals surface area contributed by atoms with Crippen LogP contribution in [-0.4, -0.2) is 45.6 Å². The molecule has 0 bridgehead atoms. The maximum Gasteiger partial charge on any atom is 0.329 e. The molecule has 0 radical (unpaired) electrons. The molecule has 0 unspecified atom stereocenters. The van der Waals surface area contributed by atoms with Crippen molar-refractivity contribution < 1.29 is 18.4 Å². The zero-order valence-corrected chi connectivity index (χ0v) is 20.0. The first kappa shape index (κ1) is 23.5. The van der Waals surface area contributed by atoms with E-state index in [-0.39, 0.29) is 10.8 Å². The maximum atomic E-state index is 9.75. The molecule has 0 saturated heterocycles. The Labute approximate surface area is 147 Å². The molecule has 0 atom stereocenters. The summed E-state index contributed by atoms with van der Waals surface area (Å²) < 4.78 is 13.3. The van der Waals surface area contributed by atoms with Crippen molar-refractivity contribution in [3.63, 3.8) is 0 Å². The van der Waals surface area contributed by atoms with Crippen LogP contribution >= 0.6 is 0 Å². The summed E-state index contributed by atoms with van der Waals surface area (Å²) in [6.07, 6.45) is 1.87. The van der Waals surface area contributed by atoms with Gasteiger partial charge in [-0.05, 0) is 78.4 Å². The fourth-order valence-corrected chi connectivity index (χ4v) is 14.3. The Hall–Kier alpha value is 0.491. The Morgan fingerprint density at radius 3 is 1.52 bits per heavy atom. The van der Waals surface area contributed by atoms with E-state index in [9.17, 15) is 9.59 Å². The van der Waals surface area contributed by atoms with Crippen LogP contribution in [0.1, 0.15) is 47.5 Å². The average Bonchev–Trinajstić information content (AvgIpc) is 2.30. The molecule has 7 heteroatoms. The van der Waals surface area contributed by atoms with E-state index in [4.69, 9.17) is 8.85 Å². The van der Waals surface area contributed by atoms with Crippen LogP contribution in [0.25, 0.3) is 0 Å². The summed E-state index contributed by atoms with van der Waals surface area (Å²) in [4.78, 5) is 19.5. The van der Waals surface area contributed by atoms with Gasteiger partial charge in [-0.15, -0.1) is 0 Å². The van der Waals surface area contributed by atoms with Gasteiger partial charge in [-0.1, -0.05) is 13.8 Å². The number of hydrogen-bond donors (Lipinski definition) is 2. The van der Waals surface area contributed by atoms with Gasteiger partial charge in [0.2, 0.25) is 8.32 Å². The lowest BCUT2D eigenvalue weighted by Gasteiger charge is -2.50. The molecule has 23 heavy (non-hydrogen) atoms. The van der Waals surface area contributed by atoms with Crippen LogP contribution in [0.15, 0.2) is 0 Å². The molecule has 4 nitrogen and oxygen atoms in total. The van der Waals surface area contributed by atoms with Crippen LogP contribution in [0.5, 0.6) is 0 Å². The van der Waals surface area contributed by atoms with E-state index in [1.807, 2.05) is 0 Å². The zero-order valence-electron chi connectivity index (χ0n) is 17.0. The van der Waals surface area contributed by atoms with Gasteiger partial charge in [0.1, 0.15) is 0 Å². The molecule has 0 rings (SSSR count). The fraction of sp³-hybridized carbons (Fsp3) is 1.00. The molecule has 0 aliphatic carbocycles. The summed E-state index contributed by atoms with van der Waals surface area (Å²) in [5, 5.41) is -0.223. The lowest BCUT2D eigenvalue weighted by atomic mass is 10.2. The van der Waals surface area contributed by atoms with Crippen LogP contribution in [0.3, 0.4) is 0 Å². The summed E-state index contributed by atoms with van der Waals surface area (Å²) in [6.45, 7) is 21.2. The van der Waals surface area contributed by atoms with Gasteiger partial charge in [-0.2, -0.15) is 0 Å². The predicted octanol–water partition coefficient (Wildman–Crippen LogP) is 4.38. The number of rotatable bonds is 9. The van der Waals surface area contributed by atoms with Gasteiger partial charge in [0.05, 0.1) is 5.22 Å². The molecule has 0 aromatic carbocycles. The molecule has 140 valence electrons. The van der Waals surface area contributed by atoms with Crippen molar-refractivity contribution in [2.24, 2.45) is 0 Å². The van der Waals surface area contributed by atoms with Gasteiger partial charge < -0.3 is 18.4 Å². The SMILES string of the molecule is CCC(CC)(O[Si](C)(C)CC[Si](C)(O)O)[Si](C)(C)OC(C)(C)C. The number of hydrogen-bond acceptors (Lipinski definition) is 4. The fourth-order valence-electron chi connectivity index (χ4n) is 3.34. The Kier molecular flexibility index (Phi) is 7.97. The van der Waals surface area contributed by atoms with Gasteiger partial charge in [-0.25, -0.2) is 0 Å². The molecule has 0 saturated carbocycles. The lowest BCUT2D eigenvalue weighted by Crippen LogP contribution is -2.63. The van der Waals surface area contributed by atoms with Crippen LogP contribution in [0, 0.1) is 0 Å². The highest BCUT2D eigenvalue weighted by molar-refractivity contribution is 6.78. The molecule has 2 N–H and O–H groups in total. The molecule has 0 aromatic rings. The third-order valence-corrected chi connectivity index (χ3v) is 12.9. The van der Waals surface area contributed by atoms with E-state index in [1.54, 1.807) is 6.55 Å². The summed E-state index contributed by atoms with van der Waals surface area (Å²) in [5.41, 5.74) is -0.179. The largest absolute Gasteiger partial charge is 0.412 e. The highest BCUT2D eigenvalue weighted by Crippen LogP contribution is 2.39. The van der Waals surface area contributed by atoms with Crippen LogP contribution < -0.4 is 0 Å². The predicted molar refractivity (Wildman–Crippen MR) is 106 cm³/mol. The van der Waals surface area contributed by atoms with Gasteiger partial charge in [0, 0.05) is 5.60 Å². The summed E-state index contributed by atoms with van der Waals surface area (Å²) in [7, 11) is -7.12. The molecular formula is C16H40O4Si3. The maximum absolute atomic E-state index is 9.75.